The number of carbonyl (C=O) groups excluding carboxylic acids is 1. The highest BCUT2D eigenvalue weighted by Crippen LogP contribution is 2.48. The van der Waals surface area contributed by atoms with Crippen LogP contribution in [-0.2, 0) is 10.2 Å². The van der Waals surface area contributed by atoms with Crippen LogP contribution in [0.25, 0.3) is 0 Å². The molecule has 1 amide bonds. The number of benzene rings is 1. The van der Waals surface area contributed by atoms with E-state index in [1.807, 2.05) is 24.3 Å². The first-order chi connectivity index (χ1) is 9.46. The molecule has 118 valence electrons. The van der Waals surface area contributed by atoms with Gasteiger partial charge in [0.05, 0.1) is 5.41 Å². The highest BCUT2D eigenvalue weighted by Gasteiger charge is 2.51. The summed E-state index contributed by atoms with van der Waals surface area (Å²) < 4.78 is 0. The van der Waals surface area contributed by atoms with Gasteiger partial charge in [0.1, 0.15) is 0 Å². The lowest BCUT2D eigenvalue weighted by molar-refractivity contribution is -0.123. The molecule has 1 fully saturated rings. The van der Waals surface area contributed by atoms with E-state index >= 15 is 0 Å². The van der Waals surface area contributed by atoms with E-state index in [-0.39, 0.29) is 29.3 Å². The number of halogens is 2. The highest BCUT2D eigenvalue weighted by molar-refractivity contribution is 6.30. The van der Waals surface area contributed by atoms with Crippen LogP contribution in [-0.4, -0.2) is 18.0 Å². The third-order valence-electron chi connectivity index (χ3n) is 4.57. The van der Waals surface area contributed by atoms with Gasteiger partial charge in [-0.25, -0.2) is 0 Å². The van der Waals surface area contributed by atoms with Gasteiger partial charge in [-0.05, 0) is 43.4 Å². The molecule has 1 aromatic carbocycles. The normalized spacial score (nSPS) is 16.0. The van der Waals surface area contributed by atoms with E-state index in [2.05, 4.69) is 19.2 Å². The maximum absolute atomic E-state index is 12.5. The van der Waals surface area contributed by atoms with E-state index < -0.39 is 0 Å². The number of carbonyl (C=O) groups is 1. The molecule has 0 radical (unpaired) electrons. The standard InChI is InChI=1S/C16H23ClN2O.ClH/c1-3-15(18,4-2)11-19-14(20)16(8-9-16)12-6-5-7-13(17)10-12;/h5-7,10H,3-4,8-9,11,18H2,1-2H3,(H,19,20);1H. The molecule has 0 bridgehead atoms. The third kappa shape index (κ3) is 3.91. The summed E-state index contributed by atoms with van der Waals surface area (Å²) in [6.45, 7) is 4.64. The van der Waals surface area contributed by atoms with Crippen LogP contribution in [0, 0.1) is 0 Å². The summed E-state index contributed by atoms with van der Waals surface area (Å²) in [5, 5.41) is 3.72. The molecule has 0 spiro atoms. The Morgan fingerprint density at radius 3 is 2.48 bits per heavy atom. The van der Waals surface area contributed by atoms with Crippen LogP contribution < -0.4 is 11.1 Å². The molecule has 0 aromatic heterocycles. The Kier molecular flexibility index (Phi) is 6.09. The van der Waals surface area contributed by atoms with Gasteiger partial charge in [-0.1, -0.05) is 37.6 Å². The van der Waals surface area contributed by atoms with Crippen LogP contribution >= 0.6 is 24.0 Å². The molecule has 1 aromatic rings. The number of nitrogens with one attached hydrogen (secondary N) is 1. The van der Waals surface area contributed by atoms with Gasteiger partial charge in [0, 0.05) is 17.1 Å². The van der Waals surface area contributed by atoms with E-state index in [9.17, 15) is 4.79 Å². The minimum Gasteiger partial charge on any atom is -0.353 e. The van der Waals surface area contributed by atoms with Gasteiger partial charge in [-0.3, -0.25) is 4.79 Å². The number of rotatable bonds is 6. The predicted molar refractivity (Wildman–Crippen MR) is 90.1 cm³/mol. The molecule has 0 unspecified atom stereocenters. The average molecular weight is 331 g/mol. The van der Waals surface area contributed by atoms with E-state index in [1.54, 1.807) is 0 Å². The Bertz CT molecular complexity index is 497. The lowest BCUT2D eigenvalue weighted by Gasteiger charge is -2.28. The van der Waals surface area contributed by atoms with Gasteiger partial charge in [-0.2, -0.15) is 0 Å². The zero-order valence-corrected chi connectivity index (χ0v) is 14.2. The first-order valence-electron chi connectivity index (χ1n) is 7.29. The van der Waals surface area contributed by atoms with Gasteiger partial charge in [0.15, 0.2) is 0 Å². The van der Waals surface area contributed by atoms with Crippen molar-refractivity contribution in [1.82, 2.24) is 5.32 Å². The third-order valence-corrected chi connectivity index (χ3v) is 4.81. The summed E-state index contributed by atoms with van der Waals surface area (Å²) in [6, 6.07) is 7.60. The molecule has 1 aliphatic carbocycles. The number of hydrogen-bond acceptors (Lipinski definition) is 2. The van der Waals surface area contributed by atoms with Gasteiger partial charge in [0.25, 0.3) is 0 Å². The molecule has 2 rings (SSSR count). The van der Waals surface area contributed by atoms with Gasteiger partial charge in [0.2, 0.25) is 5.91 Å². The van der Waals surface area contributed by atoms with Crippen LogP contribution in [0.15, 0.2) is 24.3 Å². The van der Waals surface area contributed by atoms with Crippen molar-refractivity contribution in [2.45, 2.75) is 50.5 Å². The van der Waals surface area contributed by atoms with Crippen molar-refractivity contribution in [2.75, 3.05) is 6.54 Å². The second-order valence-electron chi connectivity index (χ2n) is 5.84. The molecule has 3 nitrogen and oxygen atoms in total. The van der Waals surface area contributed by atoms with E-state index in [4.69, 9.17) is 17.3 Å². The minimum absolute atomic E-state index is 0. The minimum atomic E-state index is -0.382. The van der Waals surface area contributed by atoms with Gasteiger partial charge < -0.3 is 11.1 Å². The summed E-state index contributed by atoms with van der Waals surface area (Å²) >= 11 is 6.03. The maximum Gasteiger partial charge on any atom is 0.230 e. The molecule has 3 N–H and O–H groups in total. The fourth-order valence-corrected chi connectivity index (χ4v) is 2.67. The molecule has 1 saturated carbocycles. The molecular formula is C16H24Cl2N2O. The van der Waals surface area contributed by atoms with Crippen LogP contribution in [0.1, 0.15) is 45.1 Å². The number of amides is 1. The number of nitrogens with two attached hydrogens (primary N) is 1. The Morgan fingerprint density at radius 2 is 2.00 bits per heavy atom. The highest BCUT2D eigenvalue weighted by atomic mass is 35.5. The van der Waals surface area contributed by atoms with E-state index in [1.165, 1.54) is 0 Å². The zero-order chi connectivity index (χ0) is 14.8. The fourth-order valence-electron chi connectivity index (χ4n) is 2.48. The maximum atomic E-state index is 12.5. The Hall–Kier alpha value is -0.770. The lowest BCUT2D eigenvalue weighted by Crippen LogP contribution is -2.51. The second kappa shape index (κ2) is 6.99. The largest absolute Gasteiger partial charge is 0.353 e. The van der Waals surface area contributed by atoms with Crippen LogP contribution in [0.4, 0.5) is 0 Å². The lowest BCUT2D eigenvalue weighted by atomic mass is 9.92. The quantitative estimate of drug-likeness (QED) is 0.839. The van der Waals surface area contributed by atoms with Crippen molar-refractivity contribution in [1.29, 1.82) is 0 Å². The van der Waals surface area contributed by atoms with Gasteiger partial charge >= 0.3 is 0 Å². The van der Waals surface area contributed by atoms with Crippen molar-refractivity contribution in [3.63, 3.8) is 0 Å². The molecule has 1 aliphatic rings. The topological polar surface area (TPSA) is 55.1 Å². The Morgan fingerprint density at radius 1 is 1.38 bits per heavy atom. The average Bonchev–Trinajstić information content (AvgIpc) is 3.26. The SMILES string of the molecule is CCC(N)(CC)CNC(=O)C1(c2cccc(Cl)c2)CC1.Cl. The predicted octanol–water partition coefficient (Wildman–Crippen LogP) is 3.43. The van der Waals surface area contributed by atoms with Crippen molar-refractivity contribution in [3.8, 4) is 0 Å². The van der Waals surface area contributed by atoms with Crippen molar-refractivity contribution in [2.24, 2.45) is 5.73 Å². The van der Waals surface area contributed by atoms with E-state index in [0.29, 0.717) is 11.6 Å². The van der Waals surface area contributed by atoms with E-state index in [0.717, 1.165) is 31.2 Å². The number of hydrogen-bond donors (Lipinski definition) is 2. The van der Waals surface area contributed by atoms with Crippen molar-refractivity contribution < 1.29 is 4.79 Å². The molecule has 0 saturated heterocycles. The summed E-state index contributed by atoms with van der Waals surface area (Å²) in [5.74, 6) is 0.0801. The smallest absolute Gasteiger partial charge is 0.230 e. The second-order valence-corrected chi connectivity index (χ2v) is 6.28. The molecule has 21 heavy (non-hydrogen) atoms. The Labute approximate surface area is 138 Å². The summed E-state index contributed by atoms with van der Waals surface area (Å²) in [4.78, 5) is 12.5. The molecule has 0 atom stereocenters. The first-order valence-corrected chi connectivity index (χ1v) is 7.67. The van der Waals surface area contributed by atoms with Crippen molar-refractivity contribution in [3.05, 3.63) is 34.9 Å². The summed E-state index contributed by atoms with van der Waals surface area (Å²) in [6.07, 6.45) is 3.48. The fraction of sp³-hybridized carbons (Fsp3) is 0.562. The molecular weight excluding hydrogens is 307 g/mol. The Balaban J connectivity index is 0.00000220. The van der Waals surface area contributed by atoms with Crippen LogP contribution in [0.3, 0.4) is 0 Å². The van der Waals surface area contributed by atoms with Crippen LogP contribution in [0.2, 0.25) is 5.02 Å². The van der Waals surface area contributed by atoms with Crippen molar-refractivity contribution >= 4 is 29.9 Å². The zero-order valence-electron chi connectivity index (χ0n) is 12.6. The molecule has 0 heterocycles. The summed E-state index contributed by atoms with van der Waals surface area (Å²) in [7, 11) is 0. The van der Waals surface area contributed by atoms with Crippen LogP contribution in [0.5, 0.6) is 0 Å². The van der Waals surface area contributed by atoms with Gasteiger partial charge in [-0.15, -0.1) is 12.4 Å². The summed E-state index contributed by atoms with van der Waals surface area (Å²) in [5.41, 5.74) is 6.56. The molecule has 0 aliphatic heterocycles. The molecule has 5 heteroatoms. The first kappa shape index (κ1) is 18.3. The monoisotopic (exact) mass is 330 g/mol.